The Morgan fingerprint density at radius 1 is 1.05 bits per heavy atom. The average molecular weight is 289 g/mol. The lowest BCUT2D eigenvalue weighted by molar-refractivity contribution is 0.288. The number of hydrogen-bond donors (Lipinski definition) is 3. The lowest BCUT2D eigenvalue weighted by atomic mass is 10.2. The molecular weight excluding hydrogens is 270 g/mol. The number of rotatable bonds is 7. The van der Waals surface area contributed by atoms with E-state index in [4.69, 9.17) is 15.3 Å². The van der Waals surface area contributed by atoms with Crippen LogP contribution in [-0.2, 0) is 0 Å². The lowest BCUT2D eigenvalue weighted by Gasteiger charge is -2.13. The number of nitrogen functional groups attached to an aromatic ring is 1. The van der Waals surface area contributed by atoms with Gasteiger partial charge in [0.15, 0.2) is 23.1 Å². The molecule has 1 aromatic carbocycles. The summed E-state index contributed by atoms with van der Waals surface area (Å²) in [7, 11) is 0. The third-order valence-corrected chi connectivity index (χ3v) is 2.60. The molecular formula is C14H19N5O2. The summed E-state index contributed by atoms with van der Waals surface area (Å²) in [5.74, 6) is 7.78. The number of nitrogens with zero attached hydrogens (tertiary/aromatic N) is 2. The van der Waals surface area contributed by atoms with Gasteiger partial charge in [-0.1, -0.05) is 0 Å². The monoisotopic (exact) mass is 289 g/mol. The van der Waals surface area contributed by atoms with E-state index < -0.39 is 0 Å². The van der Waals surface area contributed by atoms with Crippen molar-refractivity contribution >= 4 is 17.3 Å². The van der Waals surface area contributed by atoms with E-state index in [-0.39, 0.29) is 0 Å². The zero-order valence-electron chi connectivity index (χ0n) is 12.1. The van der Waals surface area contributed by atoms with Crippen molar-refractivity contribution in [3.8, 4) is 11.5 Å². The fourth-order valence-corrected chi connectivity index (χ4v) is 1.77. The van der Waals surface area contributed by atoms with Gasteiger partial charge in [0.1, 0.15) is 0 Å². The van der Waals surface area contributed by atoms with E-state index in [0.717, 1.165) is 5.69 Å². The smallest absolute Gasteiger partial charge is 0.163 e. The van der Waals surface area contributed by atoms with Crippen molar-refractivity contribution in [3.63, 3.8) is 0 Å². The second-order valence-electron chi connectivity index (χ2n) is 4.09. The van der Waals surface area contributed by atoms with Crippen molar-refractivity contribution in [3.05, 3.63) is 30.6 Å². The summed E-state index contributed by atoms with van der Waals surface area (Å²) in [4.78, 5) is 8.27. The Morgan fingerprint density at radius 3 is 2.48 bits per heavy atom. The van der Waals surface area contributed by atoms with Crippen molar-refractivity contribution in [2.24, 2.45) is 5.84 Å². The highest BCUT2D eigenvalue weighted by Crippen LogP contribution is 2.31. The predicted octanol–water partition coefficient (Wildman–Crippen LogP) is 2.30. The van der Waals surface area contributed by atoms with Gasteiger partial charge in [-0.25, -0.2) is 10.8 Å². The zero-order chi connectivity index (χ0) is 15.1. The normalized spacial score (nSPS) is 10.0. The van der Waals surface area contributed by atoms with Crippen molar-refractivity contribution in [1.29, 1.82) is 0 Å². The fourth-order valence-electron chi connectivity index (χ4n) is 1.77. The van der Waals surface area contributed by atoms with Crippen LogP contribution in [0.1, 0.15) is 13.8 Å². The van der Waals surface area contributed by atoms with Crippen LogP contribution in [0.4, 0.5) is 17.3 Å². The minimum absolute atomic E-state index is 0.482. The average Bonchev–Trinajstić information content (AvgIpc) is 2.50. The first-order chi connectivity index (χ1) is 10.3. The number of benzene rings is 1. The van der Waals surface area contributed by atoms with Crippen LogP contribution in [0.5, 0.6) is 11.5 Å². The molecule has 0 saturated heterocycles. The number of hydrazine groups is 1. The predicted molar refractivity (Wildman–Crippen MR) is 81.9 cm³/mol. The van der Waals surface area contributed by atoms with Gasteiger partial charge in [0.25, 0.3) is 0 Å². The Bertz CT molecular complexity index is 591. The van der Waals surface area contributed by atoms with Crippen LogP contribution < -0.4 is 26.1 Å². The van der Waals surface area contributed by atoms with Gasteiger partial charge in [0.05, 0.1) is 25.6 Å². The van der Waals surface area contributed by atoms with Crippen LogP contribution in [0.15, 0.2) is 30.6 Å². The third kappa shape index (κ3) is 3.96. The Labute approximate surface area is 123 Å². The van der Waals surface area contributed by atoms with E-state index in [1.54, 1.807) is 6.20 Å². The number of aromatic nitrogens is 2. The molecule has 1 aromatic heterocycles. The SMILES string of the molecule is CCOc1ccc(Nc2cncc(NN)n2)cc1OCC. The summed E-state index contributed by atoms with van der Waals surface area (Å²) in [5, 5.41) is 3.14. The molecule has 0 saturated carbocycles. The molecule has 0 unspecified atom stereocenters. The zero-order valence-corrected chi connectivity index (χ0v) is 12.1. The minimum Gasteiger partial charge on any atom is -0.490 e. The molecule has 0 aliphatic carbocycles. The molecule has 0 aliphatic heterocycles. The van der Waals surface area contributed by atoms with Crippen molar-refractivity contribution in [1.82, 2.24) is 9.97 Å². The summed E-state index contributed by atoms with van der Waals surface area (Å²) in [6.45, 7) is 5.01. The number of hydrogen-bond acceptors (Lipinski definition) is 7. The lowest BCUT2D eigenvalue weighted by Crippen LogP contribution is -2.09. The summed E-state index contributed by atoms with van der Waals surface area (Å²) in [6, 6.07) is 5.60. The van der Waals surface area contributed by atoms with E-state index in [9.17, 15) is 0 Å². The molecule has 0 radical (unpaired) electrons. The molecule has 0 spiro atoms. The molecule has 7 heteroatoms. The fraction of sp³-hybridized carbons (Fsp3) is 0.286. The second kappa shape index (κ2) is 7.30. The molecule has 1 heterocycles. The first kappa shape index (κ1) is 14.9. The largest absolute Gasteiger partial charge is 0.490 e. The second-order valence-corrected chi connectivity index (χ2v) is 4.09. The molecule has 2 rings (SSSR count). The van der Waals surface area contributed by atoms with Crippen LogP contribution in [0.2, 0.25) is 0 Å². The Morgan fingerprint density at radius 2 is 1.76 bits per heavy atom. The Balaban J connectivity index is 2.21. The van der Waals surface area contributed by atoms with E-state index in [2.05, 4.69) is 20.7 Å². The van der Waals surface area contributed by atoms with E-state index >= 15 is 0 Å². The van der Waals surface area contributed by atoms with Gasteiger partial charge >= 0.3 is 0 Å². The van der Waals surface area contributed by atoms with Crippen molar-refractivity contribution in [2.75, 3.05) is 24.0 Å². The van der Waals surface area contributed by atoms with Gasteiger partial charge in [-0.2, -0.15) is 0 Å². The Hall–Kier alpha value is -2.54. The van der Waals surface area contributed by atoms with Gasteiger partial charge in [0, 0.05) is 11.8 Å². The maximum absolute atomic E-state index is 5.58. The maximum atomic E-state index is 5.58. The molecule has 0 aliphatic rings. The van der Waals surface area contributed by atoms with Gasteiger partial charge in [0.2, 0.25) is 0 Å². The summed E-state index contributed by atoms with van der Waals surface area (Å²) in [6.07, 6.45) is 3.15. The molecule has 0 amide bonds. The van der Waals surface area contributed by atoms with E-state index in [1.165, 1.54) is 6.20 Å². The van der Waals surface area contributed by atoms with Crippen LogP contribution in [0.25, 0.3) is 0 Å². The van der Waals surface area contributed by atoms with Crippen LogP contribution in [0, 0.1) is 0 Å². The topological polar surface area (TPSA) is 94.3 Å². The van der Waals surface area contributed by atoms with Crippen molar-refractivity contribution < 1.29 is 9.47 Å². The molecule has 7 nitrogen and oxygen atoms in total. The van der Waals surface area contributed by atoms with Gasteiger partial charge in [-0.3, -0.25) is 4.98 Å². The van der Waals surface area contributed by atoms with Gasteiger partial charge in [-0.15, -0.1) is 0 Å². The number of anilines is 3. The highest BCUT2D eigenvalue weighted by molar-refractivity contribution is 5.61. The summed E-state index contributed by atoms with van der Waals surface area (Å²) in [5.41, 5.74) is 3.28. The molecule has 4 N–H and O–H groups in total. The first-order valence-corrected chi connectivity index (χ1v) is 6.72. The van der Waals surface area contributed by atoms with Crippen LogP contribution >= 0.6 is 0 Å². The maximum Gasteiger partial charge on any atom is 0.163 e. The molecule has 2 aromatic rings. The quantitative estimate of drug-likeness (QED) is 0.532. The van der Waals surface area contributed by atoms with E-state index in [1.807, 2.05) is 32.0 Å². The Kier molecular flexibility index (Phi) is 5.16. The van der Waals surface area contributed by atoms with E-state index in [0.29, 0.717) is 36.3 Å². The van der Waals surface area contributed by atoms with Gasteiger partial charge < -0.3 is 20.2 Å². The van der Waals surface area contributed by atoms with Crippen LogP contribution in [0.3, 0.4) is 0 Å². The first-order valence-electron chi connectivity index (χ1n) is 6.72. The molecule has 0 fully saturated rings. The number of nitrogens with two attached hydrogens (primary N) is 1. The highest BCUT2D eigenvalue weighted by Gasteiger charge is 2.07. The molecule has 112 valence electrons. The summed E-state index contributed by atoms with van der Waals surface area (Å²) < 4.78 is 11.1. The highest BCUT2D eigenvalue weighted by atomic mass is 16.5. The number of nitrogens with one attached hydrogen (secondary N) is 2. The van der Waals surface area contributed by atoms with Gasteiger partial charge in [-0.05, 0) is 26.0 Å². The van der Waals surface area contributed by atoms with Crippen molar-refractivity contribution in [2.45, 2.75) is 13.8 Å². The minimum atomic E-state index is 0.482. The third-order valence-electron chi connectivity index (χ3n) is 2.60. The van der Waals surface area contributed by atoms with Crippen LogP contribution in [-0.4, -0.2) is 23.2 Å². The molecule has 21 heavy (non-hydrogen) atoms. The molecule has 0 bridgehead atoms. The molecule has 0 atom stereocenters. The standard InChI is InChI=1S/C14H19N5O2/c1-3-20-11-6-5-10(7-12(11)21-4-2)17-13-8-16-9-14(18-13)19-15/h5-9H,3-4,15H2,1-2H3,(H2,17,18,19). The summed E-state index contributed by atoms with van der Waals surface area (Å²) >= 11 is 0. The number of ether oxygens (including phenoxy) is 2.